The zero-order valence-corrected chi connectivity index (χ0v) is 19.2. The van der Waals surface area contributed by atoms with Gasteiger partial charge in [0.25, 0.3) is 0 Å². The first kappa shape index (κ1) is 23.9. The Morgan fingerprint density at radius 1 is 1.04 bits per heavy atom. The van der Waals surface area contributed by atoms with Gasteiger partial charge in [-0.2, -0.15) is 0 Å². The summed E-state index contributed by atoms with van der Waals surface area (Å²) in [5, 5.41) is 14.3. The number of carboxylic acid groups (broad SMARTS) is 1. The second kappa shape index (κ2) is 10.4. The quantitative estimate of drug-likeness (QED) is 0.631. The second-order valence-corrected chi connectivity index (χ2v) is 8.94. The van der Waals surface area contributed by atoms with E-state index in [9.17, 15) is 14.7 Å². The molecule has 0 radical (unpaired) electrons. The van der Waals surface area contributed by atoms with Crippen molar-refractivity contribution in [1.29, 1.82) is 0 Å². The number of aliphatic carboxylic acids is 1. The maximum Gasteiger partial charge on any atom is 1.00 e. The van der Waals surface area contributed by atoms with Crippen molar-refractivity contribution in [2.24, 2.45) is 17.8 Å². The smallest absolute Gasteiger partial charge is 0.547 e. The SMILES string of the molecule is CC1CC(C)CC(NC(=O)CC2CCC(OC(C)(C)C(=O)[O-])CC2)C1.[Na+]. The van der Waals surface area contributed by atoms with E-state index in [0.29, 0.717) is 30.2 Å². The Balaban J connectivity index is 0.00000338. The van der Waals surface area contributed by atoms with Gasteiger partial charge in [-0.3, -0.25) is 4.79 Å². The summed E-state index contributed by atoms with van der Waals surface area (Å²) in [6.07, 6.45) is 7.43. The van der Waals surface area contributed by atoms with Gasteiger partial charge < -0.3 is 20.0 Å². The van der Waals surface area contributed by atoms with E-state index in [0.717, 1.165) is 38.5 Å². The number of carbonyl (C=O) groups is 2. The van der Waals surface area contributed by atoms with Crippen molar-refractivity contribution in [2.45, 2.75) is 96.8 Å². The Hall–Kier alpha value is -0.100. The fourth-order valence-electron chi connectivity index (χ4n) is 4.53. The second-order valence-electron chi connectivity index (χ2n) is 8.94. The average molecular weight is 375 g/mol. The molecular weight excluding hydrogens is 341 g/mol. The van der Waals surface area contributed by atoms with E-state index < -0.39 is 11.6 Å². The Morgan fingerprint density at radius 2 is 1.58 bits per heavy atom. The number of carboxylic acids is 1. The van der Waals surface area contributed by atoms with Crippen molar-refractivity contribution in [2.75, 3.05) is 0 Å². The van der Waals surface area contributed by atoms with E-state index in [2.05, 4.69) is 19.2 Å². The van der Waals surface area contributed by atoms with Crippen molar-refractivity contribution < 1.29 is 49.0 Å². The van der Waals surface area contributed by atoms with Crippen LogP contribution in [0.15, 0.2) is 0 Å². The third kappa shape index (κ3) is 7.49. The predicted molar refractivity (Wildman–Crippen MR) is 94.6 cm³/mol. The predicted octanol–water partition coefficient (Wildman–Crippen LogP) is -0.575. The summed E-state index contributed by atoms with van der Waals surface area (Å²) in [6, 6.07) is 0.329. The fraction of sp³-hybridized carbons (Fsp3) is 0.900. The molecule has 2 fully saturated rings. The van der Waals surface area contributed by atoms with E-state index in [1.54, 1.807) is 0 Å². The van der Waals surface area contributed by atoms with Crippen LogP contribution in [-0.2, 0) is 14.3 Å². The summed E-state index contributed by atoms with van der Waals surface area (Å²) in [4.78, 5) is 23.4. The molecule has 2 saturated carbocycles. The van der Waals surface area contributed by atoms with E-state index in [1.165, 1.54) is 20.3 Å². The molecule has 6 heteroatoms. The van der Waals surface area contributed by atoms with E-state index >= 15 is 0 Å². The first-order chi connectivity index (χ1) is 11.7. The van der Waals surface area contributed by atoms with Crippen molar-refractivity contribution in [3.05, 3.63) is 0 Å². The summed E-state index contributed by atoms with van der Waals surface area (Å²) >= 11 is 0. The molecule has 0 heterocycles. The minimum atomic E-state index is -1.25. The summed E-state index contributed by atoms with van der Waals surface area (Å²) < 4.78 is 5.68. The van der Waals surface area contributed by atoms with E-state index in [1.807, 2.05) is 0 Å². The van der Waals surface area contributed by atoms with Gasteiger partial charge in [0.05, 0.1) is 12.1 Å². The Bertz CT molecular complexity index is 464. The van der Waals surface area contributed by atoms with Gasteiger partial charge in [-0.05, 0) is 76.5 Å². The molecule has 26 heavy (non-hydrogen) atoms. The third-order valence-corrected chi connectivity index (χ3v) is 5.76. The first-order valence-corrected chi connectivity index (χ1v) is 9.84. The monoisotopic (exact) mass is 375 g/mol. The molecular formula is C20H34NNaO4. The zero-order valence-electron chi connectivity index (χ0n) is 17.2. The molecule has 0 aliphatic heterocycles. The summed E-state index contributed by atoms with van der Waals surface area (Å²) in [5.41, 5.74) is -1.25. The molecule has 1 N–H and O–H groups in total. The minimum Gasteiger partial charge on any atom is -0.547 e. The molecule has 2 rings (SSSR count). The number of hydrogen-bond donors (Lipinski definition) is 1. The van der Waals surface area contributed by atoms with Crippen LogP contribution in [0.4, 0.5) is 0 Å². The van der Waals surface area contributed by atoms with Gasteiger partial charge in [-0.15, -0.1) is 0 Å². The van der Waals surface area contributed by atoms with Crippen LogP contribution in [0.1, 0.15) is 79.1 Å². The molecule has 0 aromatic carbocycles. The zero-order chi connectivity index (χ0) is 18.6. The topological polar surface area (TPSA) is 78.5 Å². The molecule has 0 spiro atoms. The average Bonchev–Trinajstić information content (AvgIpc) is 2.47. The molecule has 1 amide bonds. The number of ether oxygens (including phenoxy) is 1. The van der Waals surface area contributed by atoms with Crippen LogP contribution < -0.4 is 40.0 Å². The number of hydrogen-bond acceptors (Lipinski definition) is 4. The summed E-state index contributed by atoms with van der Waals surface area (Å²) in [7, 11) is 0. The fourth-order valence-corrected chi connectivity index (χ4v) is 4.53. The number of nitrogens with one attached hydrogen (secondary N) is 1. The van der Waals surface area contributed by atoms with Crippen LogP contribution in [0.3, 0.4) is 0 Å². The Kier molecular flexibility index (Phi) is 9.62. The molecule has 2 unspecified atom stereocenters. The van der Waals surface area contributed by atoms with Crippen molar-refractivity contribution >= 4 is 11.9 Å². The van der Waals surface area contributed by atoms with Gasteiger partial charge in [-0.25, -0.2) is 0 Å². The largest absolute Gasteiger partial charge is 1.00 e. The summed E-state index contributed by atoms with van der Waals surface area (Å²) in [5.74, 6) is 0.752. The van der Waals surface area contributed by atoms with Gasteiger partial charge in [0.1, 0.15) is 5.60 Å². The normalized spacial score (nSPS) is 32.4. The van der Waals surface area contributed by atoms with Crippen LogP contribution in [0.25, 0.3) is 0 Å². The molecule has 2 aliphatic rings. The minimum absolute atomic E-state index is 0. The summed E-state index contributed by atoms with van der Waals surface area (Å²) in [6.45, 7) is 7.61. The molecule has 0 aromatic rings. The van der Waals surface area contributed by atoms with E-state index in [4.69, 9.17) is 4.74 Å². The van der Waals surface area contributed by atoms with Crippen LogP contribution in [0.2, 0.25) is 0 Å². The van der Waals surface area contributed by atoms with Gasteiger partial charge >= 0.3 is 29.6 Å². The number of rotatable bonds is 6. The molecule has 2 atom stereocenters. The maximum absolute atomic E-state index is 12.4. The van der Waals surface area contributed by atoms with Crippen LogP contribution in [-0.4, -0.2) is 29.6 Å². The van der Waals surface area contributed by atoms with Gasteiger partial charge in [0.15, 0.2) is 0 Å². The molecule has 5 nitrogen and oxygen atoms in total. The standard InChI is InChI=1S/C20H35NO4.Na/c1-13-9-14(2)11-16(10-13)21-18(22)12-15-5-7-17(8-6-15)25-20(3,4)19(23)24;/h13-17H,5-12H2,1-4H3,(H,21,22)(H,23,24);/q;+1/p-1. The van der Waals surface area contributed by atoms with Gasteiger partial charge in [-0.1, -0.05) is 13.8 Å². The number of carbonyl (C=O) groups excluding carboxylic acids is 2. The molecule has 0 aromatic heterocycles. The van der Waals surface area contributed by atoms with Crippen molar-refractivity contribution in [3.8, 4) is 0 Å². The van der Waals surface area contributed by atoms with Crippen LogP contribution >= 0.6 is 0 Å². The Labute approximate surface area is 180 Å². The van der Waals surface area contributed by atoms with Gasteiger partial charge in [0.2, 0.25) is 5.91 Å². The van der Waals surface area contributed by atoms with Gasteiger partial charge in [0, 0.05) is 12.5 Å². The van der Waals surface area contributed by atoms with Crippen LogP contribution in [0, 0.1) is 17.8 Å². The first-order valence-electron chi connectivity index (χ1n) is 9.84. The molecule has 0 saturated heterocycles. The Morgan fingerprint density at radius 3 is 2.08 bits per heavy atom. The van der Waals surface area contributed by atoms with Crippen molar-refractivity contribution in [1.82, 2.24) is 5.32 Å². The molecule has 144 valence electrons. The molecule has 0 bridgehead atoms. The van der Waals surface area contributed by atoms with E-state index in [-0.39, 0.29) is 41.6 Å². The third-order valence-electron chi connectivity index (χ3n) is 5.76. The van der Waals surface area contributed by atoms with Crippen LogP contribution in [0.5, 0.6) is 0 Å². The van der Waals surface area contributed by atoms with Crippen molar-refractivity contribution in [3.63, 3.8) is 0 Å². The maximum atomic E-state index is 12.4. The number of amides is 1. The molecule has 2 aliphatic carbocycles.